The number of nitrogens with one attached hydrogen (secondary N) is 2. The molecule has 0 radical (unpaired) electrons. The van der Waals surface area contributed by atoms with Crippen molar-refractivity contribution in [2.24, 2.45) is 0 Å². The fourth-order valence-corrected chi connectivity index (χ4v) is 3.71. The van der Waals surface area contributed by atoms with Crippen LogP contribution < -0.4 is 15.6 Å². The summed E-state index contributed by atoms with van der Waals surface area (Å²) in [5, 5.41) is 2.61. The smallest absolute Gasteiger partial charge is 0.262 e. The summed E-state index contributed by atoms with van der Waals surface area (Å²) in [4.78, 5) is 44.9. The Morgan fingerprint density at radius 2 is 1.90 bits per heavy atom. The van der Waals surface area contributed by atoms with Crippen LogP contribution in [0.25, 0.3) is 0 Å². The lowest BCUT2D eigenvalue weighted by Crippen LogP contribution is -2.29. The number of amides is 1. The Bertz CT molecular complexity index is 1180. The Hall–Kier alpha value is -3.74. The highest BCUT2D eigenvalue weighted by Crippen LogP contribution is 2.32. The number of carbonyl (C=O) groups excluding carboxylic acids is 2. The molecular formula is C23H21N3O4. The Balaban J connectivity index is 1.60. The lowest BCUT2D eigenvalue weighted by molar-refractivity contribution is 0.0963. The van der Waals surface area contributed by atoms with Crippen LogP contribution in [0.2, 0.25) is 0 Å². The van der Waals surface area contributed by atoms with E-state index in [0.29, 0.717) is 29.9 Å². The van der Waals surface area contributed by atoms with Crippen LogP contribution >= 0.6 is 0 Å². The van der Waals surface area contributed by atoms with Crippen LogP contribution in [0.3, 0.4) is 0 Å². The molecule has 1 aromatic carbocycles. The molecule has 3 aromatic rings. The van der Waals surface area contributed by atoms with Gasteiger partial charge in [0.15, 0.2) is 5.78 Å². The first-order valence-electron chi connectivity index (χ1n) is 9.63. The second-order valence-electron chi connectivity index (χ2n) is 7.32. The minimum absolute atomic E-state index is 0.0391. The van der Waals surface area contributed by atoms with Crippen LogP contribution in [0.4, 0.5) is 5.82 Å². The van der Waals surface area contributed by atoms with E-state index in [2.05, 4.69) is 15.3 Å². The van der Waals surface area contributed by atoms with E-state index >= 15 is 0 Å². The molecule has 0 fully saturated rings. The lowest BCUT2D eigenvalue weighted by Gasteiger charge is -2.24. The molecule has 0 saturated carbocycles. The molecule has 4 rings (SSSR count). The number of hydrogen-bond acceptors (Lipinski definition) is 5. The number of fused-ring (bicyclic) bond motifs is 1. The molecule has 1 aliphatic rings. The van der Waals surface area contributed by atoms with Gasteiger partial charge >= 0.3 is 0 Å². The van der Waals surface area contributed by atoms with Crippen molar-refractivity contribution in [2.75, 3.05) is 12.4 Å². The van der Waals surface area contributed by atoms with Crippen LogP contribution in [0.15, 0.2) is 53.3 Å². The highest BCUT2D eigenvalue weighted by Gasteiger charge is 2.29. The van der Waals surface area contributed by atoms with Gasteiger partial charge in [0.1, 0.15) is 17.1 Å². The number of nitrogens with zero attached hydrogens (tertiary/aromatic N) is 1. The van der Waals surface area contributed by atoms with Crippen molar-refractivity contribution in [3.63, 3.8) is 0 Å². The van der Waals surface area contributed by atoms with Crippen LogP contribution in [0.5, 0.6) is 5.75 Å². The second-order valence-corrected chi connectivity index (χ2v) is 7.32. The molecule has 0 unspecified atom stereocenters. The normalized spacial score (nSPS) is 15.4. The molecular weight excluding hydrogens is 382 g/mol. The molecule has 7 nitrogen and oxygen atoms in total. The van der Waals surface area contributed by atoms with Crippen molar-refractivity contribution in [3.8, 4) is 5.75 Å². The van der Waals surface area contributed by atoms with E-state index in [1.165, 1.54) is 6.07 Å². The standard InChI is InChI=1S/C23H21N3O4/c1-13-4-3-5-21(24-13)26-23(29)18-12-17-19(25-22(18)28)10-15(11-20(17)27)14-6-8-16(30-2)9-7-14/h3-9,12,15H,10-11H2,1-2H3,(H,25,28)(H,24,26,29)/t15-/m0/s1. The number of anilines is 1. The molecule has 0 aliphatic heterocycles. The third-order valence-electron chi connectivity index (χ3n) is 5.27. The number of hydrogen-bond donors (Lipinski definition) is 2. The summed E-state index contributed by atoms with van der Waals surface area (Å²) in [5.41, 5.74) is 2.06. The van der Waals surface area contributed by atoms with E-state index in [-0.39, 0.29) is 17.3 Å². The van der Waals surface area contributed by atoms with Crippen LogP contribution in [-0.2, 0) is 6.42 Å². The van der Waals surface area contributed by atoms with E-state index in [0.717, 1.165) is 17.0 Å². The number of aromatic amines is 1. The summed E-state index contributed by atoms with van der Waals surface area (Å²) in [6.45, 7) is 1.80. The van der Waals surface area contributed by atoms with Crippen molar-refractivity contribution < 1.29 is 14.3 Å². The van der Waals surface area contributed by atoms with E-state index in [1.807, 2.05) is 24.3 Å². The fourth-order valence-electron chi connectivity index (χ4n) is 3.71. The van der Waals surface area contributed by atoms with Gasteiger partial charge < -0.3 is 15.0 Å². The summed E-state index contributed by atoms with van der Waals surface area (Å²) < 4.78 is 5.18. The third-order valence-corrected chi connectivity index (χ3v) is 5.27. The van der Waals surface area contributed by atoms with Gasteiger partial charge in [-0.15, -0.1) is 0 Å². The number of aryl methyl sites for hydroxylation is 1. The van der Waals surface area contributed by atoms with Crippen molar-refractivity contribution in [3.05, 3.63) is 87.0 Å². The summed E-state index contributed by atoms with van der Waals surface area (Å²) in [7, 11) is 1.60. The van der Waals surface area contributed by atoms with E-state index in [1.54, 1.807) is 32.2 Å². The quantitative estimate of drug-likeness (QED) is 0.696. The average molecular weight is 403 g/mol. The van der Waals surface area contributed by atoms with Gasteiger partial charge in [-0.25, -0.2) is 4.98 Å². The Morgan fingerprint density at radius 3 is 2.60 bits per heavy atom. The molecule has 2 heterocycles. The monoisotopic (exact) mass is 403 g/mol. The zero-order chi connectivity index (χ0) is 21.3. The average Bonchev–Trinajstić information content (AvgIpc) is 2.73. The highest BCUT2D eigenvalue weighted by molar-refractivity contribution is 6.06. The minimum atomic E-state index is -0.595. The maximum Gasteiger partial charge on any atom is 0.262 e. The number of methoxy groups -OCH3 is 1. The predicted octanol–water partition coefficient (Wildman–Crippen LogP) is 3.25. The number of ketones is 1. The van der Waals surface area contributed by atoms with Crippen LogP contribution in [0, 0.1) is 6.92 Å². The minimum Gasteiger partial charge on any atom is -0.497 e. The maximum absolute atomic E-state index is 12.8. The summed E-state index contributed by atoms with van der Waals surface area (Å²) in [6.07, 6.45) is 0.829. The molecule has 2 aromatic heterocycles. The van der Waals surface area contributed by atoms with E-state index in [9.17, 15) is 14.4 Å². The van der Waals surface area contributed by atoms with Gasteiger partial charge in [-0.05, 0) is 55.2 Å². The number of pyridine rings is 2. The fraction of sp³-hybridized carbons (Fsp3) is 0.217. The van der Waals surface area contributed by atoms with E-state index in [4.69, 9.17) is 4.74 Å². The molecule has 30 heavy (non-hydrogen) atoms. The summed E-state index contributed by atoms with van der Waals surface area (Å²) in [6, 6.07) is 14.2. The van der Waals surface area contributed by atoms with Gasteiger partial charge in [-0.3, -0.25) is 14.4 Å². The van der Waals surface area contributed by atoms with Crippen LogP contribution in [-0.4, -0.2) is 28.8 Å². The largest absolute Gasteiger partial charge is 0.497 e. The first-order valence-corrected chi connectivity index (χ1v) is 9.63. The van der Waals surface area contributed by atoms with Crippen LogP contribution in [0.1, 0.15) is 50.0 Å². The SMILES string of the molecule is COc1ccc([C@@H]2CC(=O)c3cc(C(=O)Nc4cccc(C)n4)c(=O)[nH]c3C2)cc1. The molecule has 1 atom stereocenters. The van der Waals surface area contributed by atoms with E-state index < -0.39 is 11.5 Å². The Labute approximate surface area is 173 Å². The molecule has 2 N–H and O–H groups in total. The lowest BCUT2D eigenvalue weighted by atomic mass is 9.81. The number of Topliss-reactive ketones (excluding diaryl/α,β-unsaturated/α-hetero) is 1. The van der Waals surface area contributed by atoms with Crippen molar-refractivity contribution in [1.29, 1.82) is 0 Å². The Kier molecular flexibility index (Phi) is 5.18. The van der Waals surface area contributed by atoms with Gasteiger partial charge in [0.05, 0.1) is 7.11 Å². The number of benzene rings is 1. The summed E-state index contributed by atoms with van der Waals surface area (Å²) in [5.74, 6) is 0.359. The topological polar surface area (TPSA) is 101 Å². The van der Waals surface area contributed by atoms with Crippen molar-refractivity contribution in [2.45, 2.75) is 25.7 Å². The number of ether oxygens (including phenoxy) is 1. The second kappa shape index (κ2) is 7.94. The summed E-state index contributed by atoms with van der Waals surface area (Å²) >= 11 is 0. The van der Waals surface area contributed by atoms with Crippen molar-refractivity contribution in [1.82, 2.24) is 9.97 Å². The zero-order valence-electron chi connectivity index (χ0n) is 16.7. The number of H-pyrrole nitrogens is 1. The first kappa shape index (κ1) is 19.6. The first-order chi connectivity index (χ1) is 14.4. The number of aromatic nitrogens is 2. The molecule has 0 bridgehead atoms. The van der Waals surface area contributed by atoms with Gasteiger partial charge in [-0.2, -0.15) is 0 Å². The van der Waals surface area contributed by atoms with Gasteiger partial charge in [0.2, 0.25) is 0 Å². The highest BCUT2D eigenvalue weighted by atomic mass is 16.5. The zero-order valence-corrected chi connectivity index (χ0v) is 16.7. The molecule has 0 spiro atoms. The maximum atomic E-state index is 12.8. The predicted molar refractivity (Wildman–Crippen MR) is 112 cm³/mol. The van der Waals surface area contributed by atoms with Gasteiger partial charge in [-0.1, -0.05) is 18.2 Å². The van der Waals surface area contributed by atoms with Crippen molar-refractivity contribution >= 4 is 17.5 Å². The molecule has 152 valence electrons. The van der Waals surface area contributed by atoms with Gasteiger partial charge in [0.25, 0.3) is 11.5 Å². The number of rotatable bonds is 4. The molecule has 0 saturated heterocycles. The van der Waals surface area contributed by atoms with Gasteiger partial charge in [0, 0.05) is 23.4 Å². The molecule has 1 aliphatic carbocycles. The third kappa shape index (κ3) is 3.87. The molecule has 7 heteroatoms. The number of carbonyl (C=O) groups is 2. The molecule has 1 amide bonds. The Morgan fingerprint density at radius 1 is 1.13 bits per heavy atom.